The van der Waals surface area contributed by atoms with Crippen molar-refractivity contribution in [1.82, 2.24) is 0 Å². The third kappa shape index (κ3) is 4.21. The zero-order chi connectivity index (χ0) is 16.8. The van der Waals surface area contributed by atoms with E-state index in [9.17, 15) is 4.79 Å². The molecule has 0 aliphatic rings. The minimum Gasteiger partial charge on any atom is -0.322 e. The molecule has 2 nitrogen and oxygen atoms in total. The van der Waals surface area contributed by atoms with E-state index in [4.69, 9.17) is 0 Å². The van der Waals surface area contributed by atoms with Crippen LogP contribution < -0.4 is 5.32 Å². The zero-order valence-electron chi connectivity index (χ0n) is 12.9. The number of rotatable bonds is 4. The van der Waals surface area contributed by atoms with E-state index < -0.39 is 0 Å². The molecular formula is C21H16BrNO. The highest BCUT2D eigenvalue weighted by molar-refractivity contribution is 9.10. The molecule has 3 aromatic carbocycles. The van der Waals surface area contributed by atoms with Crippen LogP contribution in [0, 0.1) is 0 Å². The molecule has 0 saturated carbocycles. The molecule has 0 aliphatic carbocycles. The SMILES string of the molecule is O=C(Nc1cccc(Br)c1)C(=Cc1ccccc1)c1ccccc1. The minimum atomic E-state index is -0.136. The zero-order valence-corrected chi connectivity index (χ0v) is 14.5. The van der Waals surface area contributed by atoms with Gasteiger partial charge in [-0.3, -0.25) is 4.79 Å². The number of benzene rings is 3. The maximum Gasteiger partial charge on any atom is 0.256 e. The number of hydrogen-bond acceptors (Lipinski definition) is 1. The monoisotopic (exact) mass is 377 g/mol. The minimum absolute atomic E-state index is 0.136. The highest BCUT2D eigenvalue weighted by Gasteiger charge is 2.12. The van der Waals surface area contributed by atoms with Crippen LogP contribution in [-0.4, -0.2) is 5.91 Å². The van der Waals surface area contributed by atoms with Crippen LogP contribution in [0.5, 0.6) is 0 Å². The lowest BCUT2D eigenvalue weighted by molar-refractivity contribution is -0.111. The van der Waals surface area contributed by atoms with Gasteiger partial charge < -0.3 is 5.32 Å². The summed E-state index contributed by atoms with van der Waals surface area (Å²) in [5.74, 6) is -0.136. The first-order chi connectivity index (χ1) is 11.7. The van der Waals surface area contributed by atoms with E-state index in [0.29, 0.717) is 5.57 Å². The van der Waals surface area contributed by atoms with Crippen LogP contribution in [-0.2, 0) is 4.79 Å². The summed E-state index contributed by atoms with van der Waals surface area (Å²) in [7, 11) is 0. The average molecular weight is 378 g/mol. The average Bonchev–Trinajstić information content (AvgIpc) is 2.61. The standard InChI is InChI=1S/C21H16BrNO/c22-18-12-7-13-19(15-18)23-21(24)20(17-10-5-2-6-11-17)14-16-8-3-1-4-9-16/h1-15H,(H,23,24). The van der Waals surface area contributed by atoms with E-state index in [1.165, 1.54) is 0 Å². The second-order valence-electron chi connectivity index (χ2n) is 5.30. The van der Waals surface area contributed by atoms with Crippen molar-refractivity contribution >= 4 is 39.2 Å². The maximum atomic E-state index is 12.8. The van der Waals surface area contributed by atoms with Crippen molar-refractivity contribution in [3.63, 3.8) is 0 Å². The van der Waals surface area contributed by atoms with Gasteiger partial charge in [0.1, 0.15) is 0 Å². The number of amides is 1. The summed E-state index contributed by atoms with van der Waals surface area (Å²) < 4.78 is 0.925. The number of hydrogen-bond donors (Lipinski definition) is 1. The molecule has 0 fully saturated rings. The molecule has 0 radical (unpaired) electrons. The molecule has 3 heteroatoms. The van der Waals surface area contributed by atoms with Gasteiger partial charge in [-0.2, -0.15) is 0 Å². The van der Waals surface area contributed by atoms with Crippen LogP contribution >= 0.6 is 15.9 Å². The molecule has 3 rings (SSSR count). The highest BCUT2D eigenvalue weighted by atomic mass is 79.9. The van der Waals surface area contributed by atoms with E-state index in [1.54, 1.807) is 0 Å². The van der Waals surface area contributed by atoms with E-state index in [-0.39, 0.29) is 5.91 Å². The first-order valence-electron chi connectivity index (χ1n) is 7.61. The Balaban J connectivity index is 1.95. The molecule has 0 atom stereocenters. The molecule has 24 heavy (non-hydrogen) atoms. The molecule has 118 valence electrons. The summed E-state index contributed by atoms with van der Waals surface area (Å²) in [5, 5.41) is 2.96. The third-order valence-electron chi connectivity index (χ3n) is 3.52. The molecular weight excluding hydrogens is 362 g/mol. The van der Waals surface area contributed by atoms with Crippen LogP contribution in [0.4, 0.5) is 5.69 Å². The van der Waals surface area contributed by atoms with Gasteiger partial charge >= 0.3 is 0 Å². The summed E-state index contributed by atoms with van der Waals surface area (Å²) in [6.07, 6.45) is 1.91. The fraction of sp³-hybridized carbons (Fsp3) is 0. The molecule has 0 aliphatic heterocycles. The lowest BCUT2D eigenvalue weighted by Crippen LogP contribution is -2.13. The third-order valence-corrected chi connectivity index (χ3v) is 4.02. The Labute approximate surface area is 150 Å². The van der Waals surface area contributed by atoms with Crippen molar-refractivity contribution in [2.75, 3.05) is 5.32 Å². The van der Waals surface area contributed by atoms with Crippen molar-refractivity contribution < 1.29 is 4.79 Å². The number of carbonyl (C=O) groups is 1. The molecule has 0 unspecified atom stereocenters. The first-order valence-corrected chi connectivity index (χ1v) is 8.41. The Bertz CT molecular complexity index is 857. The van der Waals surface area contributed by atoms with Gasteiger partial charge in [0, 0.05) is 15.7 Å². The van der Waals surface area contributed by atoms with E-state index >= 15 is 0 Å². The number of halogens is 1. The second kappa shape index (κ2) is 7.75. The Morgan fingerprint density at radius 2 is 1.50 bits per heavy atom. The smallest absolute Gasteiger partial charge is 0.256 e. The van der Waals surface area contributed by atoms with Gasteiger partial charge in [0.2, 0.25) is 0 Å². The highest BCUT2D eigenvalue weighted by Crippen LogP contribution is 2.22. The van der Waals surface area contributed by atoms with Gasteiger partial charge in [-0.05, 0) is 35.4 Å². The van der Waals surface area contributed by atoms with Crippen LogP contribution in [0.25, 0.3) is 11.6 Å². The fourth-order valence-corrected chi connectivity index (χ4v) is 2.78. The number of carbonyl (C=O) groups excluding carboxylic acids is 1. The van der Waals surface area contributed by atoms with Crippen molar-refractivity contribution in [2.45, 2.75) is 0 Å². The van der Waals surface area contributed by atoms with E-state index in [1.807, 2.05) is 91.0 Å². The van der Waals surface area contributed by atoms with Gasteiger partial charge in [0.25, 0.3) is 5.91 Å². The van der Waals surface area contributed by atoms with Crippen LogP contribution in [0.3, 0.4) is 0 Å². The summed E-state index contributed by atoms with van der Waals surface area (Å²) in [4.78, 5) is 12.8. The van der Waals surface area contributed by atoms with Crippen molar-refractivity contribution in [3.05, 3.63) is 101 Å². The van der Waals surface area contributed by atoms with Crippen molar-refractivity contribution in [2.24, 2.45) is 0 Å². The molecule has 0 aromatic heterocycles. The molecule has 1 amide bonds. The second-order valence-corrected chi connectivity index (χ2v) is 6.21. The van der Waals surface area contributed by atoms with E-state index in [0.717, 1.165) is 21.3 Å². The van der Waals surface area contributed by atoms with Gasteiger partial charge in [-0.25, -0.2) is 0 Å². The predicted octanol–water partition coefficient (Wildman–Crippen LogP) is 5.63. The molecule has 3 aromatic rings. The summed E-state index contributed by atoms with van der Waals surface area (Å²) >= 11 is 3.42. The van der Waals surface area contributed by atoms with Gasteiger partial charge in [-0.1, -0.05) is 82.7 Å². The molecule has 1 N–H and O–H groups in total. The van der Waals surface area contributed by atoms with Crippen LogP contribution in [0.15, 0.2) is 89.4 Å². The van der Waals surface area contributed by atoms with E-state index in [2.05, 4.69) is 21.2 Å². The number of nitrogens with one attached hydrogen (secondary N) is 1. The number of anilines is 1. The Hall–Kier alpha value is -2.65. The Morgan fingerprint density at radius 3 is 2.17 bits per heavy atom. The maximum absolute atomic E-state index is 12.8. The predicted molar refractivity (Wildman–Crippen MR) is 104 cm³/mol. The van der Waals surface area contributed by atoms with Gasteiger partial charge in [-0.15, -0.1) is 0 Å². The van der Waals surface area contributed by atoms with Gasteiger partial charge in [0.15, 0.2) is 0 Å². The summed E-state index contributed by atoms with van der Waals surface area (Å²) in [5.41, 5.74) is 3.25. The molecule has 0 saturated heterocycles. The topological polar surface area (TPSA) is 29.1 Å². The first kappa shape index (κ1) is 16.2. The lowest BCUT2D eigenvalue weighted by Gasteiger charge is -2.10. The van der Waals surface area contributed by atoms with Gasteiger partial charge in [0.05, 0.1) is 0 Å². The largest absolute Gasteiger partial charge is 0.322 e. The Kier molecular flexibility index (Phi) is 5.24. The summed E-state index contributed by atoms with van der Waals surface area (Å²) in [6.45, 7) is 0. The van der Waals surface area contributed by atoms with Crippen molar-refractivity contribution in [1.29, 1.82) is 0 Å². The van der Waals surface area contributed by atoms with Crippen molar-refractivity contribution in [3.8, 4) is 0 Å². The quantitative estimate of drug-likeness (QED) is 0.463. The fourth-order valence-electron chi connectivity index (χ4n) is 2.38. The molecule has 0 heterocycles. The lowest BCUT2D eigenvalue weighted by atomic mass is 10.0. The normalized spacial score (nSPS) is 11.1. The van der Waals surface area contributed by atoms with Crippen LogP contribution in [0.2, 0.25) is 0 Å². The molecule has 0 spiro atoms. The van der Waals surface area contributed by atoms with Crippen LogP contribution in [0.1, 0.15) is 11.1 Å². The molecule has 0 bridgehead atoms. The summed E-state index contributed by atoms with van der Waals surface area (Å²) in [6, 6.07) is 27.1. The Morgan fingerprint density at radius 1 is 0.833 bits per heavy atom.